The Morgan fingerprint density at radius 2 is 1.83 bits per heavy atom. The molecule has 3 amide bonds. The maximum Gasteiger partial charge on any atom is 0.319 e. The molecular formula is C19H20FN3O5S. The highest BCUT2D eigenvalue weighted by molar-refractivity contribution is 8.01. The van der Waals surface area contributed by atoms with Crippen LogP contribution in [0.5, 0.6) is 0 Å². The van der Waals surface area contributed by atoms with Crippen molar-refractivity contribution in [1.82, 2.24) is 9.88 Å². The number of nitrogens with zero attached hydrogens (tertiary/aromatic N) is 1. The lowest BCUT2D eigenvalue weighted by Gasteiger charge is -2.11. The lowest BCUT2D eigenvalue weighted by molar-refractivity contribution is -0.147. The number of carbonyl (C=O) groups excluding carboxylic acids is 4. The number of amides is 3. The van der Waals surface area contributed by atoms with E-state index in [2.05, 4.69) is 10.6 Å². The van der Waals surface area contributed by atoms with E-state index in [9.17, 15) is 23.6 Å². The third-order valence-electron chi connectivity index (χ3n) is 3.70. The molecule has 0 radical (unpaired) electrons. The molecule has 0 bridgehead atoms. The van der Waals surface area contributed by atoms with Gasteiger partial charge in [-0.1, -0.05) is 0 Å². The summed E-state index contributed by atoms with van der Waals surface area (Å²) in [5.41, 5.74) is 0.729. The molecular weight excluding hydrogens is 401 g/mol. The molecule has 10 heteroatoms. The number of benzene rings is 1. The number of hydrogen-bond acceptors (Lipinski definition) is 6. The molecule has 1 aromatic heterocycles. The lowest BCUT2D eigenvalue weighted by atomic mass is 10.3. The van der Waals surface area contributed by atoms with Crippen molar-refractivity contribution in [2.45, 2.75) is 12.2 Å². The van der Waals surface area contributed by atoms with E-state index in [0.29, 0.717) is 11.4 Å². The van der Waals surface area contributed by atoms with Gasteiger partial charge in [-0.25, -0.2) is 4.39 Å². The van der Waals surface area contributed by atoms with E-state index in [1.54, 1.807) is 29.9 Å². The van der Waals surface area contributed by atoms with Gasteiger partial charge < -0.3 is 14.6 Å². The van der Waals surface area contributed by atoms with Gasteiger partial charge in [0, 0.05) is 18.9 Å². The Kier molecular flexibility index (Phi) is 7.96. The van der Waals surface area contributed by atoms with E-state index in [-0.39, 0.29) is 11.7 Å². The van der Waals surface area contributed by atoms with Crippen LogP contribution in [0.2, 0.25) is 0 Å². The fraction of sp³-hybridized carbons (Fsp3) is 0.263. The first kappa shape index (κ1) is 22.2. The van der Waals surface area contributed by atoms with E-state index in [1.165, 1.54) is 31.2 Å². The normalized spacial score (nSPS) is 11.4. The third kappa shape index (κ3) is 7.07. The molecule has 2 N–H and O–H groups in total. The molecule has 2 rings (SSSR count). The molecule has 0 aliphatic carbocycles. The highest BCUT2D eigenvalue weighted by Crippen LogP contribution is 2.14. The van der Waals surface area contributed by atoms with E-state index in [0.717, 1.165) is 11.8 Å². The first-order valence-electron chi connectivity index (χ1n) is 8.55. The monoisotopic (exact) mass is 421 g/mol. The second-order valence-electron chi connectivity index (χ2n) is 6.00. The number of nitrogens with one attached hydrogen (secondary N) is 2. The first-order valence-corrected chi connectivity index (χ1v) is 9.60. The Hall–Kier alpha value is -3.14. The van der Waals surface area contributed by atoms with Crippen LogP contribution in [-0.2, 0) is 26.2 Å². The van der Waals surface area contributed by atoms with Gasteiger partial charge in [-0.2, -0.15) is 0 Å². The quantitative estimate of drug-likeness (QED) is 0.629. The largest absolute Gasteiger partial charge is 0.455 e. The highest BCUT2D eigenvalue weighted by atomic mass is 32.2. The predicted octanol–water partition coefficient (Wildman–Crippen LogP) is 1.72. The number of aryl methyl sites for hydroxylation is 1. The van der Waals surface area contributed by atoms with E-state index >= 15 is 0 Å². The summed E-state index contributed by atoms with van der Waals surface area (Å²) in [5, 5.41) is 3.99. The molecule has 0 aliphatic heterocycles. The van der Waals surface area contributed by atoms with Crippen molar-refractivity contribution >= 4 is 41.1 Å². The summed E-state index contributed by atoms with van der Waals surface area (Å²) < 4.78 is 19.3. The van der Waals surface area contributed by atoms with Gasteiger partial charge in [-0.15, -0.1) is 11.8 Å². The Morgan fingerprint density at radius 1 is 1.14 bits per heavy atom. The maximum atomic E-state index is 12.8. The van der Waals surface area contributed by atoms with Crippen LogP contribution >= 0.6 is 11.8 Å². The number of halogens is 1. The van der Waals surface area contributed by atoms with Crippen molar-refractivity contribution in [3.05, 3.63) is 54.1 Å². The number of hydrogen-bond donors (Lipinski definition) is 2. The maximum absolute atomic E-state index is 12.8. The highest BCUT2D eigenvalue weighted by Gasteiger charge is 2.19. The minimum absolute atomic E-state index is 0.0359. The van der Waals surface area contributed by atoms with Crippen LogP contribution in [0.15, 0.2) is 42.6 Å². The zero-order chi connectivity index (χ0) is 21.4. The van der Waals surface area contributed by atoms with Gasteiger partial charge in [0.25, 0.3) is 11.8 Å². The summed E-state index contributed by atoms with van der Waals surface area (Å²) >= 11 is 1.02. The Bertz CT molecular complexity index is 898. The van der Waals surface area contributed by atoms with Crippen molar-refractivity contribution in [3.63, 3.8) is 0 Å². The molecule has 0 spiro atoms. The molecule has 1 atom stereocenters. The average Bonchev–Trinajstić information content (AvgIpc) is 3.12. The number of anilines is 1. The van der Waals surface area contributed by atoms with Gasteiger partial charge in [0.2, 0.25) is 5.91 Å². The molecule has 2 aromatic rings. The number of imide groups is 1. The minimum Gasteiger partial charge on any atom is -0.455 e. The van der Waals surface area contributed by atoms with Gasteiger partial charge >= 0.3 is 5.97 Å². The van der Waals surface area contributed by atoms with Crippen molar-refractivity contribution in [3.8, 4) is 0 Å². The topological polar surface area (TPSA) is 106 Å². The number of esters is 1. The van der Waals surface area contributed by atoms with Gasteiger partial charge in [-0.3, -0.25) is 24.5 Å². The Balaban J connectivity index is 1.69. The number of carbonyl (C=O) groups is 4. The summed E-state index contributed by atoms with van der Waals surface area (Å²) in [4.78, 5) is 47.5. The third-order valence-corrected chi connectivity index (χ3v) is 4.82. The molecule has 0 fully saturated rings. The molecule has 0 saturated heterocycles. The fourth-order valence-electron chi connectivity index (χ4n) is 2.18. The summed E-state index contributed by atoms with van der Waals surface area (Å²) in [7, 11) is 1.66. The van der Waals surface area contributed by atoms with Crippen LogP contribution in [0.3, 0.4) is 0 Å². The zero-order valence-corrected chi connectivity index (χ0v) is 16.6. The number of thioether (sulfide) groups is 1. The summed E-state index contributed by atoms with van der Waals surface area (Å²) in [6, 6.07) is 8.48. The average molecular weight is 421 g/mol. The van der Waals surface area contributed by atoms with Crippen molar-refractivity contribution in [2.75, 3.05) is 17.7 Å². The van der Waals surface area contributed by atoms with Crippen LogP contribution in [0.1, 0.15) is 17.4 Å². The predicted molar refractivity (Wildman–Crippen MR) is 106 cm³/mol. The van der Waals surface area contributed by atoms with E-state index in [4.69, 9.17) is 4.74 Å². The first-order chi connectivity index (χ1) is 13.8. The second-order valence-corrected chi connectivity index (χ2v) is 7.33. The molecule has 0 aliphatic rings. The SMILES string of the molecule is CC(SCC(=O)Nc1ccc(F)cc1)C(=O)OCC(=O)NC(=O)c1cccn1C. The Labute approximate surface area is 170 Å². The van der Waals surface area contributed by atoms with Crippen LogP contribution in [-0.4, -0.2) is 45.9 Å². The van der Waals surface area contributed by atoms with E-state index in [1.807, 2.05) is 0 Å². The zero-order valence-electron chi connectivity index (χ0n) is 15.8. The van der Waals surface area contributed by atoms with Crippen molar-refractivity contribution in [2.24, 2.45) is 7.05 Å². The lowest BCUT2D eigenvalue weighted by Crippen LogP contribution is -2.35. The molecule has 1 unspecified atom stereocenters. The van der Waals surface area contributed by atoms with Crippen LogP contribution in [0.25, 0.3) is 0 Å². The molecule has 8 nitrogen and oxygen atoms in total. The molecule has 1 heterocycles. The fourth-order valence-corrected chi connectivity index (χ4v) is 2.85. The van der Waals surface area contributed by atoms with Crippen LogP contribution in [0.4, 0.5) is 10.1 Å². The van der Waals surface area contributed by atoms with Crippen molar-refractivity contribution in [1.29, 1.82) is 0 Å². The smallest absolute Gasteiger partial charge is 0.319 e. The standard InChI is InChI=1S/C19H20FN3O5S/c1-12(29-11-17(25)21-14-7-5-13(20)6-8-14)19(27)28-10-16(24)22-18(26)15-4-3-9-23(15)2/h3-9,12H,10-11H2,1-2H3,(H,21,25)(H,22,24,26). The Morgan fingerprint density at radius 3 is 2.45 bits per heavy atom. The van der Waals surface area contributed by atoms with E-state index < -0.39 is 35.5 Å². The van der Waals surface area contributed by atoms with Crippen molar-refractivity contribution < 1.29 is 28.3 Å². The minimum atomic E-state index is -0.754. The molecule has 0 saturated carbocycles. The summed E-state index contributed by atoms with van der Waals surface area (Å²) in [5.74, 6) is -2.86. The van der Waals surface area contributed by atoms with Gasteiger partial charge in [0.15, 0.2) is 6.61 Å². The number of aromatic nitrogens is 1. The molecule has 1 aromatic carbocycles. The summed E-state index contributed by atoms with van der Waals surface area (Å²) in [6.07, 6.45) is 1.66. The number of rotatable bonds is 8. The molecule has 29 heavy (non-hydrogen) atoms. The van der Waals surface area contributed by atoms with Gasteiger partial charge in [-0.05, 0) is 43.3 Å². The van der Waals surface area contributed by atoms with Crippen LogP contribution < -0.4 is 10.6 Å². The second kappa shape index (κ2) is 10.4. The van der Waals surface area contributed by atoms with Gasteiger partial charge in [0.1, 0.15) is 16.8 Å². The molecule has 154 valence electrons. The van der Waals surface area contributed by atoms with Gasteiger partial charge in [0.05, 0.1) is 5.75 Å². The number of ether oxygens (including phenoxy) is 1. The summed E-state index contributed by atoms with van der Waals surface area (Å²) in [6.45, 7) is 0.923. The van der Waals surface area contributed by atoms with Crippen LogP contribution in [0, 0.1) is 5.82 Å².